The number of amides is 2. The lowest BCUT2D eigenvalue weighted by Crippen LogP contribution is -2.53. The van der Waals surface area contributed by atoms with Gasteiger partial charge in [0.15, 0.2) is 15.3 Å². The summed E-state index contributed by atoms with van der Waals surface area (Å²) in [5.74, 6) is -1.89. The van der Waals surface area contributed by atoms with E-state index < -0.39 is 28.6 Å². The van der Waals surface area contributed by atoms with Crippen molar-refractivity contribution in [3.05, 3.63) is 144 Å². The van der Waals surface area contributed by atoms with Crippen molar-refractivity contribution in [2.75, 3.05) is 9.80 Å². The largest absolute Gasteiger partial charge is 0.450 e. The highest BCUT2D eigenvalue weighted by Gasteiger charge is 2.66. The van der Waals surface area contributed by atoms with Crippen LogP contribution in [0.3, 0.4) is 0 Å². The summed E-state index contributed by atoms with van der Waals surface area (Å²) in [5, 5.41) is 10.2. The van der Waals surface area contributed by atoms with Crippen LogP contribution >= 0.6 is 57.9 Å². The fourth-order valence-electron chi connectivity index (χ4n) is 6.19. The summed E-state index contributed by atoms with van der Waals surface area (Å²) in [6.45, 7) is 0.110. The third kappa shape index (κ3) is 4.75. The van der Waals surface area contributed by atoms with Crippen molar-refractivity contribution in [1.82, 2.24) is 10.2 Å². The molecule has 0 saturated carbocycles. The second kappa shape index (κ2) is 11.7. The van der Waals surface area contributed by atoms with Crippen LogP contribution in [0.4, 0.5) is 15.2 Å². The van der Waals surface area contributed by atoms with Gasteiger partial charge in [0.25, 0.3) is 11.8 Å². The van der Waals surface area contributed by atoms with Crippen LogP contribution in [0.15, 0.2) is 98.5 Å². The van der Waals surface area contributed by atoms with Gasteiger partial charge in [-0.2, -0.15) is 0 Å². The molecule has 0 radical (unpaired) electrons. The molecule has 0 N–H and O–H groups in total. The molecule has 14 heteroatoms. The van der Waals surface area contributed by atoms with Gasteiger partial charge in [0.1, 0.15) is 11.4 Å². The first kappa shape index (κ1) is 31.0. The van der Waals surface area contributed by atoms with E-state index in [0.717, 1.165) is 34.6 Å². The number of fused-ring (bicyclic) bond motifs is 5. The minimum absolute atomic E-state index is 0.00982. The third-order valence-electron chi connectivity index (χ3n) is 8.29. The van der Waals surface area contributed by atoms with Gasteiger partial charge < -0.3 is 9.32 Å². The Bertz CT molecular complexity index is 2390. The molecule has 2 amide bonds. The molecule has 0 bridgehead atoms. The second-order valence-corrected chi connectivity index (χ2v) is 14.5. The topological polar surface area (TPSA) is 96.6 Å². The number of halogens is 4. The third-order valence-corrected chi connectivity index (χ3v) is 11.2. The Labute approximate surface area is 294 Å². The van der Waals surface area contributed by atoms with E-state index in [1.165, 1.54) is 27.6 Å². The molecule has 2 aliphatic rings. The maximum atomic E-state index is 15.1. The van der Waals surface area contributed by atoms with Crippen LogP contribution in [0.2, 0.25) is 15.1 Å². The fourth-order valence-corrected chi connectivity index (χ4v) is 8.77. The Morgan fingerprint density at radius 1 is 0.896 bits per heavy atom. The summed E-state index contributed by atoms with van der Waals surface area (Å²) < 4.78 is 21.0. The number of anilines is 2. The van der Waals surface area contributed by atoms with E-state index in [2.05, 4.69) is 10.2 Å². The molecule has 6 aromatic rings. The summed E-state index contributed by atoms with van der Waals surface area (Å²) >= 11 is 21.0. The van der Waals surface area contributed by atoms with Crippen molar-refractivity contribution >= 4 is 91.5 Å². The van der Waals surface area contributed by atoms with E-state index >= 15 is 4.79 Å². The van der Waals surface area contributed by atoms with Gasteiger partial charge in [0, 0.05) is 26.4 Å². The Kier molecular flexibility index (Phi) is 7.57. The quantitative estimate of drug-likeness (QED) is 0.125. The molecule has 0 aliphatic carbocycles. The molecule has 1 unspecified atom stereocenters. The SMILES string of the molecule is O=C1c2oc3ccc(F)cc3c(=O)c2C2(C(=O)N(Cc3ccc(Cl)cc3)c3ccccc32)N1c1nnc(SCc2ccc(Cl)cc2Cl)s1. The number of nitrogens with zero attached hydrogens (tertiary/aromatic N) is 4. The van der Waals surface area contributed by atoms with Crippen molar-refractivity contribution in [2.45, 2.75) is 22.2 Å². The van der Waals surface area contributed by atoms with Gasteiger partial charge in [-0.1, -0.05) is 94.3 Å². The molecule has 8 nitrogen and oxygen atoms in total. The maximum absolute atomic E-state index is 15.1. The lowest BCUT2D eigenvalue weighted by atomic mass is 9.84. The van der Waals surface area contributed by atoms with Crippen LogP contribution in [-0.4, -0.2) is 22.0 Å². The minimum Gasteiger partial charge on any atom is -0.450 e. The number of benzene rings is 4. The van der Waals surface area contributed by atoms with Crippen LogP contribution in [0, 0.1) is 5.82 Å². The predicted molar refractivity (Wildman–Crippen MR) is 185 cm³/mol. The predicted octanol–water partition coefficient (Wildman–Crippen LogP) is 8.49. The van der Waals surface area contributed by atoms with Gasteiger partial charge in [0.05, 0.1) is 23.2 Å². The van der Waals surface area contributed by atoms with Crippen LogP contribution in [0.1, 0.15) is 32.8 Å². The first-order valence-electron chi connectivity index (χ1n) is 14.3. The van der Waals surface area contributed by atoms with Gasteiger partial charge in [-0.05, 0) is 59.7 Å². The van der Waals surface area contributed by atoms with E-state index in [9.17, 15) is 14.0 Å². The Hall–Kier alpha value is -4.26. The minimum atomic E-state index is -2.02. The first-order chi connectivity index (χ1) is 23.2. The number of hydrogen-bond donors (Lipinski definition) is 0. The van der Waals surface area contributed by atoms with Crippen molar-refractivity contribution in [3.8, 4) is 0 Å². The average Bonchev–Trinajstić information content (AvgIpc) is 3.71. The van der Waals surface area contributed by atoms with Crippen LogP contribution in [0.25, 0.3) is 11.0 Å². The number of para-hydroxylation sites is 1. The zero-order chi connectivity index (χ0) is 33.3. The molecule has 238 valence electrons. The molecule has 8 rings (SSSR count). The number of carbonyl (C=O) groups is 2. The highest BCUT2D eigenvalue weighted by molar-refractivity contribution is 8.00. The molecular weight excluding hydrogens is 718 g/mol. The Morgan fingerprint density at radius 3 is 2.46 bits per heavy atom. The molecule has 0 saturated heterocycles. The molecule has 1 atom stereocenters. The fraction of sp³-hybridized carbons (Fsp3) is 0.0882. The second-order valence-electron chi connectivity index (χ2n) is 11.0. The standard InChI is InChI=1S/C34H18Cl3FN4O4S2/c35-19-8-5-17(6-9-19)15-41-25-4-2-1-3-23(25)34(31(41)45)27-28(43)22-14-21(38)11-12-26(22)46-29(27)30(44)42(34)32-39-40-33(48-32)47-16-18-7-10-20(36)13-24(18)37/h1-14H,15-16H2. The highest BCUT2D eigenvalue weighted by Crippen LogP contribution is 2.55. The van der Waals surface area contributed by atoms with Crippen LogP contribution in [0.5, 0.6) is 0 Å². The number of carbonyl (C=O) groups excluding carboxylic acids is 2. The summed E-state index contributed by atoms with van der Waals surface area (Å²) in [4.78, 5) is 46.6. The maximum Gasteiger partial charge on any atom is 0.297 e. The molecule has 1 spiro atoms. The summed E-state index contributed by atoms with van der Waals surface area (Å²) in [7, 11) is 0. The van der Waals surface area contributed by atoms with E-state index in [-0.39, 0.29) is 34.0 Å². The van der Waals surface area contributed by atoms with E-state index in [1.807, 2.05) is 6.07 Å². The van der Waals surface area contributed by atoms with Crippen molar-refractivity contribution < 1.29 is 18.4 Å². The number of rotatable bonds is 6. The molecule has 4 heterocycles. The lowest BCUT2D eigenvalue weighted by Gasteiger charge is -2.32. The molecule has 2 aliphatic heterocycles. The zero-order valence-electron chi connectivity index (χ0n) is 24.2. The lowest BCUT2D eigenvalue weighted by molar-refractivity contribution is -0.121. The van der Waals surface area contributed by atoms with Gasteiger partial charge in [-0.15, -0.1) is 10.2 Å². The number of hydrogen-bond acceptors (Lipinski definition) is 8. The normalized spacial score (nSPS) is 16.8. The number of thioether (sulfide) groups is 1. The molecule has 48 heavy (non-hydrogen) atoms. The van der Waals surface area contributed by atoms with Gasteiger partial charge in [-0.3, -0.25) is 19.3 Å². The molecule has 2 aromatic heterocycles. The van der Waals surface area contributed by atoms with Gasteiger partial charge in [-0.25, -0.2) is 4.39 Å². The summed E-state index contributed by atoms with van der Waals surface area (Å²) in [6, 6.07) is 22.6. The monoisotopic (exact) mass is 734 g/mol. The van der Waals surface area contributed by atoms with Crippen molar-refractivity contribution in [1.29, 1.82) is 0 Å². The van der Waals surface area contributed by atoms with Crippen LogP contribution < -0.4 is 15.2 Å². The van der Waals surface area contributed by atoms with Crippen molar-refractivity contribution in [2.24, 2.45) is 0 Å². The first-order valence-corrected chi connectivity index (χ1v) is 17.3. The number of aromatic nitrogens is 2. The smallest absolute Gasteiger partial charge is 0.297 e. The average molecular weight is 736 g/mol. The Balaban J connectivity index is 1.31. The van der Waals surface area contributed by atoms with E-state index in [1.54, 1.807) is 60.7 Å². The molecule has 0 fully saturated rings. The molecule has 4 aromatic carbocycles. The van der Waals surface area contributed by atoms with Gasteiger partial charge >= 0.3 is 0 Å². The highest BCUT2D eigenvalue weighted by atomic mass is 35.5. The Morgan fingerprint density at radius 2 is 1.67 bits per heavy atom. The van der Waals surface area contributed by atoms with Crippen LogP contribution in [-0.2, 0) is 22.6 Å². The van der Waals surface area contributed by atoms with Crippen molar-refractivity contribution in [3.63, 3.8) is 0 Å². The molecular formula is C34H18Cl3FN4O4S2. The van der Waals surface area contributed by atoms with Gasteiger partial charge in [0.2, 0.25) is 10.9 Å². The van der Waals surface area contributed by atoms with E-state index in [4.69, 9.17) is 39.2 Å². The zero-order valence-corrected chi connectivity index (χ0v) is 28.1. The van der Waals surface area contributed by atoms with E-state index in [0.29, 0.717) is 36.4 Å². The summed E-state index contributed by atoms with van der Waals surface area (Å²) in [6.07, 6.45) is 0. The summed E-state index contributed by atoms with van der Waals surface area (Å²) in [5.41, 5.74) is -0.481.